The van der Waals surface area contributed by atoms with Gasteiger partial charge in [-0.05, 0) is 44.2 Å². The van der Waals surface area contributed by atoms with Crippen molar-refractivity contribution in [3.8, 4) is 0 Å². The van der Waals surface area contributed by atoms with Crippen LogP contribution in [0, 0.1) is 17.0 Å². The first-order chi connectivity index (χ1) is 10.1. The molecule has 5 nitrogen and oxygen atoms in total. The van der Waals surface area contributed by atoms with Gasteiger partial charge in [0.25, 0.3) is 5.69 Å². The van der Waals surface area contributed by atoms with E-state index >= 15 is 0 Å². The lowest BCUT2D eigenvalue weighted by molar-refractivity contribution is -0.384. The molecule has 0 amide bonds. The number of non-ortho nitro benzene ring substituents is 1. The second kappa shape index (κ2) is 5.60. The average molecular weight is 350 g/mol. The SMILES string of the molecule is Cc1nc2c(n1Cc1ccc([N+](=O)[O-])cc1Br)CCCC2. The van der Waals surface area contributed by atoms with Crippen molar-refractivity contribution in [3.05, 3.63) is 55.6 Å². The highest BCUT2D eigenvalue weighted by Gasteiger charge is 2.19. The zero-order valence-electron chi connectivity index (χ0n) is 11.8. The van der Waals surface area contributed by atoms with Gasteiger partial charge in [-0.25, -0.2) is 4.98 Å². The number of fused-ring (bicyclic) bond motifs is 1. The Hall–Kier alpha value is -1.69. The predicted molar refractivity (Wildman–Crippen MR) is 83.5 cm³/mol. The van der Waals surface area contributed by atoms with Gasteiger partial charge in [-0.15, -0.1) is 0 Å². The van der Waals surface area contributed by atoms with Gasteiger partial charge in [0.15, 0.2) is 0 Å². The summed E-state index contributed by atoms with van der Waals surface area (Å²) < 4.78 is 3.01. The van der Waals surface area contributed by atoms with Crippen LogP contribution in [0.5, 0.6) is 0 Å². The monoisotopic (exact) mass is 349 g/mol. The normalized spacial score (nSPS) is 14.0. The summed E-state index contributed by atoms with van der Waals surface area (Å²) in [5, 5.41) is 10.8. The summed E-state index contributed by atoms with van der Waals surface area (Å²) in [6, 6.07) is 4.93. The minimum Gasteiger partial charge on any atom is -0.328 e. The fourth-order valence-corrected chi connectivity index (χ4v) is 3.39. The highest BCUT2D eigenvalue weighted by Crippen LogP contribution is 2.27. The first-order valence-corrected chi connectivity index (χ1v) is 7.83. The van der Waals surface area contributed by atoms with Crippen LogP contribution in [0.2, 0.25) is 0 Å². The molecular formula is C15H16BrN3O2. The molecule has 1 aliphatic rings. The van der Waals surface area contributed by atoms with Crippen molar-refractivity contribution < 1.29 is 4.92 Å². The molecule has 1 aromatic heterocycles. The van der Waals surface area contributed by atoms with Crippen molar-refractivity contribution in [1.82, 2.24) is 9.55 Å². The number of imidazole rings is 1. The third-order valence-electron chi connectivity index (χ3n) is 4.00. The molecule has 0 aliphatic heterocycles. The molecule has 0 N–H and O–H groups in total. The van der Waals surface area contributed by atoms with Gasteiger partial charge in [0.05, 0.1) is 17.2 Å². The maximum Gasteiger partial charge on any atom is 0.270 e. The Kier molecular flexibility index (Phi) is 3.80. The average Bonchev–Trinajstić information content (AvgIpc) is 2.77. The Morgan fingerprint density at radius 1 is 1.38 bits per heavy atom. The molecule has 110 valence electrons. The summed E-state index contributed by atoms with van der Waals surface area (Å²) in [4.78, 5) is 15.1. The van der Waals surface area contributed by atoms with Crippen molar-refractivity contribution >= 4 is 21.6 Å². The van der Waals surface area contributed by atoms with Crippen LogP contribution < -0.4 is 0 Å². The minimum atomic E-state index is -0.376. The molecule has 3 rings (SSSR count). The third-order valence-corrected chi connectivity index (χ3v) is 4.74. The lowest BCUT2D eigenvalue weighted by Gasteiger charge is -2.15. The van der Waals surface area contributed by atoms with Crippen LogP contribution in [0.3, 0.4) is 0 Å². The van der Waals surface area contributed by atoms with Crippen molar-refractivity contribution in [2.75, 3.05) is 0 Å². The number of nitro groups is 1. The fraction of sp³-hybridized carbons (Fsp3) is 0.400. The summed E-state index contributed by atoms with van der Waals surface area (Å²) in [6.45, 7) is 2.73. The number of aryl methyl sites for hydroxylation is 2. The van der Waals surface area contributed by atoms with Gasteiger partial charge >= 0.3 is 0 Å². The van der Waals surface area contributed by atoms with E-state index in [4.69, 9.17) is 0 Å². The van der Waals surface area contributed by atoms with Gasteiger partial charge in [0.1, 0.15) is 5.82 Å². The summed E-state index contributed by atoms with van der Waals surface area (Å²) in [5.41, 5.74) is 3.69. The van der Waals surface area contributed by atoms with E-state index in [1.165, 1.54) is 24.2 Å². The van der Waals surface area contributed by atoms with Gasteiger partial charge in [-0.3, -0.25) is 10.1 Å². The predicted octanol–water partition coefficient (Wildman–Crippen LogP) is 3.79. The maximum absolute atomic E-state index is 10.8. The number of hydrogen-bond donors (Lipinski definition) is 0. The largest absolute Gasteiger partial charge is 0.328 e. The molecule has 0 unspecified atom stereocenters. The Balaban J connectivity index is 1.94. The molecule has 6 heteroatoms. The highest BCUT2D eigenvalue weighted by atomic mass is 79.9. The number of hydrogen-bond acceptors (Lipinski definition) is 3. The molecule has 1 aliphatic carbocycles. The maximum atomic E-state index is 10.8. The van der Waals surface area contributed by atoms with Crippen LogP contribution in [0.25, 0.3) is 0 Å². The van der Waals surface area contributed by atoms with Gasteiger partial charge in [-0.1, -0.05) is 15.9 Å². The smallest absolute Gasteiger partial charge is 0.270 e. The number of rotatable bonds is 3. The molecule has 0 atom stereocenters. The van der Waals surface area contributed by atoms with E-state index in [1.807, 2.05) is 13.0 Å². The molecule has 1 heterocycles. The van der Waals surface area contributed by atoms with Crippen LogP contribution >= 0.6 is 15.9 Å². The zero-order valence-corrected chi connectivity index (χ0v) is 13.4. The molecule has 0 spiro atoms. The van der Waals surface area contributed by atoms with E-state index in [9.17, 15) is 10.1 Å². The van der Waals surface area contributed by atoms with Gasteiger partial charge in [0, 0.05) is 22.3 Å². The minimum absolute atomic E-state index is 0.106. The standard InChI is InChI=1S/C15H16BrN3O2/c1-10-17-14-4-2-3-5-15(14)18(10)9-11-6-7-12(19(20)21)8-13(11)16/h6-8H,2-5,9H2,1H3. The van der Waals surface area contributed by atoms with Crippen molar-refractivity contribution in [2.45, 2.75) is 39.2 Å². The molecule has 21 heavy (non-hydrogen) atoms. The molecule has 0 bridgehead atoms. The summed E-state index contributed by atoms with van der Waals surface area (Å²) in [7, 11) is 0. The van der Waals surface area contributed by atoms with Gasteiger partial charge < -0.3 is 4.57 Å². The Morgan fingerprint density at radius 3 is 2.86 bits per heavy atom. The number of nitrogens with zero attached hydrogens (tertiary/aromatic N) is 3. The third kappa shape index (κ3) is 2.72. The lowest BCUT2D eigenvalue weighted by Crippen LogP contribution is -2.10. The molecule has 0 saturated carbocycles. The van der Waals surface area contributed by atoms with Crippen LogP contribution in [-0.2, 0) is 19.4 Å². The van der Waals surface area contributed by atoms with E-state index in [0.717, 1.165) is 28.7 Å². The fourth-order valence-electron chi connectivity index (χ4n) is 2.89. The first-order valence-electron chi connectivity index (χ1n) is 7.04. The van der Waals surface area contributed by atoms with E-state index in [0.29, 0.717) is 6.54 Å². The summed E-state index contributed by atoms with van der Waals surface area (Å²) in [6.07, 6.45) is 4.55. The van der Waals surface area contributed by atoms with Crippen LogP contribution in [0.1, 0.15) is 35.6 Å². The number of benzene rings is 1. The van der Waals surface area contributed by atoms with Crippen LogP contribution in [0.15, 0.2) is 22.7 Å². The van der Waals surface area contributed by atoms with E-state index in [-0.39, 0.29) is 10.6 Å². The molecule has 0 fully saturated rings. The van der Waals surface area contributed by atoms with Crippen LogP contribution in [0.4, 0.5) is 5.69 Å². The molecule has 0 radical (unpaired) electrons. The highest BCUT2D eigenvalue weighted by molar-refractivity contribution is 9.10. The Morgan fingerprint density at radius 2 is 2.14 bits per heavy atom. The molecule has 1 aromatic carbocycles. The van der Waals surface area contributed by atoms with E-state index in [2.05, 4.69) is 25.5 Å². The zero-order chi connectivity index (χ0) is 15.0. The van der Waals surface area contributed by atoms with Gasteiger partial charge in [-0.2, -0.15) is 0 Å². The number of halogens is 1. The van der Waals surface area contributed by atoms with Crippen LogP contribution in [-0.4, -0.2) is 14.5 Å². The van der Waals surface area contributed by atoms with Crippen molar-refractivity contribution in [1.29, 1.82) is 0 Å². The van der Waals surface area contributed by atoms with Crippen molar-refractivity contribution in [3.63, 3.8) is 0 Å². The number of nitro benzene ring substituents is 1. The molecular weight excluding hydrogens is 334 g/mol. The van der Waals surface area contributed by atoms with E-state index in [1.54, 1.807) is 12.1 Å². The Labute approximate surface area is 131 Å². The van der Waals surface area contributed by atoms with Crippen molar-refractivity contribution in [2.24, 2.45) is 0 Å². The second-order valence-corrected chi connectivity index (χ2v) is 6.23. The molecule has 0 saturated heterocycles. The Bertz CT molecular complexity index is 709. The number of aromatic nitrogens is 2. The van der Waals surface area contributed by atoms with Gasteiger partial charge in [0.2, 0.25) is 0 Å². The lowest BCUT2D eigenvalue weighted by atomic mass is 10.0. The topological polar surface area (TPSA) is 61.0 Å². The summed E-state index contributed by atoms with van der Waals surface area (Å²) >= 11 is 3.44. The summed E-state index contributed by atoms with van der Waals surface area (Å²) in [5.74, 6) is 1.02. The van der Waals surface area contributed by atoms with E-state index < -0.39 is 0 Å². The quantitative estimate of drug-likeness (QED) is 0.625. The second-order valence-electron chi connectivity index (χ2n) is 5.38. The molecule has 2 aromatic rings. The first kappa shape index (κ1) is 14.3.